The first-order valence-corrected chi connectivity index (χ1v) is 10.9. The van der Waals surface area contributed by atoms with E-state index < -0.39 is 7.60 Å². The highest BCUT2D eigenvalue weighted by molar-refractivity contribution is 7.53. The van der Waals surface area contributed by atoms with Crippen molar-refractivity contribution in [2.24, 2.45) is 11.3 Å². The van der Waals surface area contributed by atoms with Crippen molar-refractivity contribution in [1.29, 1.82) is 0 Å². The molecule has 2 N–H and O–H groups in total. The Morgan fingerprint density at radius 1 is 1.33 bits per heavy atom. The third-order valence-electron chi connectivity index (χ3n) is 5.35. The van der Waals surface area contributed by atoms with Crippen molar-refractivity contribution in [1.82, 2.24) is 19.5 Å². The zero-order valence-electron chi connectivity index (χ0n) is 16.3. The van der Waals surface area contributed by atoms with Gasteiger partial charge in [0, 0.05) is 0 Å². The number of hydrogen-bond donors (Lipinski definition) is 1. The number of nitrogens with two attached hydrogens (primary N) is 1. The van der Waals surface area contributed by atoms with Gasteiger partial charge in [-0.2, -0.15) is 0 Å². The van der Waals surface area contributed by atoms with Crippen LogP contribution in [0.1, 0.15) is 34.1 Å². The first-order chi connectivity index (χ1) is 12.7. The van der Waals surface area contributed by atoms with Crippen molar-refractivity contribution in [2.75, 3.05) is 25.3 Å². The quantitative estimate of drug-likeness (QED) is 0.740. The van der Waals surface area contributed by atoms with E-state index >= 15 is 0 Å². The lowest BCUT2D eigenvalue weighted by Crippen LogP contribution is -2.28. The van der Waals surface area contributed by atoms with Crippen molar-refractivity contribution in [3.63, 3.8) is 0 Å². The number of rotatable bonds is 6. The van der Waals surface area contributed by atoms with Gasteiger partial charge in [0.05, 0.1) is 32.2 Å². The van der Waals surface area contributed by atoms with E-state index in [0.29, 0.717) is 42.7 Å². The zero-order chi connectivity index (χ0) is 19.7. The van der Waals surface area contributed by atoms with Crippen molar-refractivity contribution in [3.8, 4) is 0 Å². The van der Waals surface area contributed by atoms with E-state index in [1.165, 1.54) is 6.33 Å². The lowest BCUT2D eigenvalue weighted by Gasteiger charge is -2.31. The van der Waals surface area contributed by atoms with Gasteiger partial charge >= 0.3 is 7.60 Å². The summed E-state index contributed by atoms with van der Waals surface area (Å²) in [7, 11) is -3.27. The topological polar surface area (TPSA) is 114 Å². The molecule has 10 heteroatoms. The van der Waals surface area contributed by atoms with Gasteiger partial charge in [-0.15, -0.1) is 0 Å². The molecule has 2 aromatic heterocycles. The van der Waals surface area contributed by atoms with Crippen LogP contribution in [0.2, 0.25) is 0 Å². The van der Waals surface area contributed by atoms with Crippen LogP contribution >= 0.6 is 7.60 Å². The van der Waals surface area contributed by atoms with Gasteiger partial charge in [-0.25, -0.2) is 15.0 Å². The predicted molar refractivity (Wildman–Crippen MR) is 102 cm³/mol. The fourth-order valence-corrected chi connectivity index (χ4v) is 4.41. The normalized spacial score (nSPS) is 27.7. The van der Waals surface area contributed by atoms with Gasteiger partial charge in [0.1, 0.15) is 18.2 Å². The maximum absolute atomic E-state index is 12.9. The van der Waals surface area contributed by atoms with Crippen molar-refractivity contribution >= 4 is 24.6 Å². The monoisotopic (exact) mass is 397 g/mol. The largest absolute Gasteiger partial charge is 0.382 e. The van der Waals surface area contributed by atoms with Gasteiger partial charge in [0.15, 0.2) is 11.5 Å². The van der Waals surface area contributed by atoms with Crippen LogP contribution < -0.4 is 5.73 Å². The Morgan fingerprint density at radius 3 is 2.85 bits per heavy atom. The first-order valence-electron chi connectivity index (χ1n) is 9.13. The maximum atomic E-state index is 12.9. The second-order valence-corrected chi connectivity index (χ2v) is 9.71. The van der Waals surface area contributed by atoms with E-state index in [4.69, 9.17) is 19.5 Å². The van der Waals surface area contributed by atoms with Crippen LogP contribution in [0.3, 0.4) is 0 Å². The number of hydrogen-bond acceptors (Lipinski definition) is 8. The molecule has 1 aliphatic rings. The zero-order valence-corrected chi connectivity index (χ0v) is 17.2. The van der Waals surface area contributed by atoms with Gasteiger partial charge in [-0.05, 0) is 24.7 Å². The highest BCUT2D eigenvalue weighted by Crippen LogP contribution is 2.53. The summed E-state index contributed by atoms with van der Waals surface area (Å²) in [5, 5.41) is 0. The number of nitrogen functional groups attached to an aromatic ring is 1. The molecule has 0 bridgehead atoms. The molecule has 0 saturated carbocycles. The fourth-order valence-electron chi connectivity index (χ4n) is 2.88. The van der Waals surface area contributed by atoms with Crippen LogP contribution in [0.4, 0.5) is 5.82 Å². The molecule has 0 aromatic carbocycles. The Balaban J connectivity index is 1.59. The Morgan fingerprint density at radius 2 is 2.11 bits per heavy atom. The Kier molecular flexibility index (Phi) is 5.86. The second-order valence-electron chi connectivity index (χ2n) is 7.71. The van der Waals surface area contributed by atoms with Crippen LogP contribution in [0.25, 0.3) is 11.2 Å². The van der Waals surface area contributed by atoms with Crippen molar-refractivity contribution < 1.29 is 18.3 Å². The molecule has 0 amide bonds. The minimum Gasteiger partial charge on any atom is -0.382 e. The SMILES string of the molecule is CC(C)[C@]1(C)CCO[P@@](=O)(CO[C@H](C)Cn2cnc3c(N)ncnc32)OC1. The molecule has 2 aromatic rings. The van der Waals surface area contributed by atoms with Crippen LogP contribution in [0.5, 0.6) is 0 Å². The van der Waals surface area contributed by atoms with E-state index in [-0.39, 0.29) is 17.9 Å². The van der Waals surface area contributed by atoms with E-state index in [1.54, 1.807) is 6.33 Å². The van der Waals surface area contributed by atoms with Gasteiger partial charge in [0.2, 0.25) is 0 Å². The minimum atomic E-state index is -3.27. The summed E-state index contributed by atoms with van der Waals surface area (Å²) >= 11 is 0. The predicted octanol–water partition coefficient (Wildman–Crippen LogP) is 3.06. The Hall–Kier alpha value is -1.54. The Labute approximate surface area is 159 Å². The number of fused-ring (bicyclic) bond motifs is 1. The molecule has 150 valence electrons. The Bertz CT molecular complexity index is 842. The average Bonchev–Trinajstić information content (AvgIpc) is 2.95. The minimum absolute atomic E-state index is 0.0485. The third kappa shape index (κ3) is 4.48. The van der Waals surface area contributed by atoms with Crippen LogP contribution in [-0.4, -0.2) is 45.2 Å². The van der Waals surface area contributed by atoms with Gasteiger partial charge in [0.25, 0.3) is 0 Å². The standard InChI is InChI=1S/C17H28N5O4P/c1-12(2)17(4)5-6-25-27(23,26-8-17)11-24-13(3)7-22-10-21-14-15(18)19-9-20-16(14)22/h9-10,12-13H,5-8,11H2,1-4H3,(H2,18,19,20)/t13-,17-,27+/m1/s1. The number of ether oxygens (including phenoxy) is 1. The summed E-state index contributed by atoms with van der Waals surface area (Å²) in [6.45, 7) is 9.61. The summed E-state index contributed by atoms with van der Waals surface area (Å²) in [4.78, 5) is 12.4. The summed E-state index contributed by atoms with van der Waals surface area (Å²) in [5.41, 5.74) is 6.95. The lowest BCUT2D eigenvalue weighted by atomic mass is 9.77. The molecule has 3 heterocycles. The van der Waals surface area contributed by atoms with Crippen LogP contribution in [-0.2, 0) is 24.9 Å². The van der Waals surface area contributed by atoms with Crippen LogP contribution in [0.15, 0.2) is 12.7 Å². The van der Waals surface area contributed by atoms with E-state index in [9.17, 15) is 4.57 Å². The molecule has 1 saturated heterocycles. The molecule has 0 radical (unpaired) electrons. The van der Waals surface area contributed by atoms with Crippen molar-refractivity contribution in [2.45, 2.75) is 46.8 Å². The summed E-state index contributed by atoms with van der Waals surface area (Å²) in [6, 6.07) is 0. The smallest absolute Gasteiger partial charge is 0.356 e. The van der Waals surface area contributed by atoms with E-state index in [0.717, 1.165) is 6.42 Å². The number of imidazole rings is 1. The highest BCUT2D eigenvalue weighted by Gasteiger charge is 2.38. The molecule has 9 nitrogen and oxygen atoms in total. The fraction of sp³-hybridized carbons (Fsp3) is 0.706. The third-order valence-corrected chi connectivity index (χ3v) is 6.91. The number of anilines is 1. The molecule has 3 atom stereocenters. The van der Waals surface area contributed by atoms with E-state index in [1.807, 2.05) is 11.5 Å². The molecule has 0 spiro atoms. The van der Waals surface area contributed by atoms with Gasteiger partial charge in [-0.3, -0.25) is 4.57 Å². The van der Waals surface area contributed by atoms with E-state index in [2.05, 4.69) is 35.7 Å². The maximum Gasteiger partial charge on any atom is 0.356 e. The van der Waals surface area contributed by atoms with Crippen molar-refractivity contribution in [3.05, 3.63) is 12.7 Å². The summed E-state index contributed by atoms with van der Waals surface area (Å²) in [6.07, 6.45) is 3.54. The van der Waals surface area contributed by atoms with Gasteiger partial charge < -0.3 is 24.1 Å². The number of aromatic nitrogens is 4. The molecular weight excluding hydrogens is 369 g/mol. The van der Waals surface area contributed by atoms with Crippen LogP contribution in [0, 0.1) is 11.3 Å². The number of nitrogens with zero attached hydrogens (tertiary/aromatic N) is 4. The average molecular weight is 397 g/mol. The molecule has 0 aliphatic carbocycles. The van der Waals surface area contributed by atoms with Gasteiger partial charge in [-0.1, -0.05) is 20.8 Å². The molecule has 1 aliphatic heterocycles. The lowest BCUT2D eigenvalue weighted by molar-refractivity contribution is 0.0644. The first kappa shape index (κ1) is 20.2. The highest BCUT2D eigenvalue weighted by atomic mass is 31.2. The summed E-state index contributed by atoms with van der Waals surface area (Å²) < 4.78 is 31.8. The molecule has 1 fully saturated rings. The molecule has 27 heavy (non-hydrogen) atoms. The second kappa shape index (κ2) is 7.83. The molecular formula is C17H28N5O4P. The molecule has 3 rings (SSSR count). The summed E-state index contributed by atoms with van der Waals surface area (Å²) in [5.74, 6) is 0.752. The molecule has 0 unspecified atom stereocenters.